The average molecular weight is 382 g/mol. The third-order valence-corrected chi connectivity index (χ3v) is 4.80. The van der Waals surface area contributed by atoms with Crippen molar-refractivity contribution in [3.63, 3.8) is 0 Å². The maximum absolute atomic E-state index is 12.4. The first-order chi connectivity index (χ1) is 12.0. The summed E-state index contributed by atoms with van der Waals surface area (Å²) in [5.41, 5.74) is 0.666. The van der Waals surface area contributed by atoms with Gasteiger partial charge in [-0.15, -0.1) is 11.3 Å². The minimum atomic E-state index is -0.0771. The summed E-state index contributed by atoms with van der Waals surface area (Å²) in [5.74, 6) is 1.12. The second-order valence-electron chi connectivity index (χ2n) is 5.42. The molecule has 1 atom stereocenters. The number of methoxy groups -OCH3 is 2. The number of amides is 1. The minimum absolute atomic E-state index is 0.0771. The van der Waals surface area contributed by atoms with Gasteiger partial charge < -0.3 is 19.7 Å². The van der Waals surface area contributed by atoms with E-state index in [9.17, 15) is 4.79 Å². The number of carbonyl (C=O) groups excluding carboxylic acids is 1. The topological polar surface area (TPSA) is 52.0 Å². The fourth-order valence-corrected chi connectivity index (χ4v) is 3.61. The van der Waals surface area contributed by atoms with E-state index in [1.54, 1.807) is 32.4 Å². The summed E-state index contributed by atoms with van der Waals surface area (Å²) in [4.78, 5) is 14.6. The summed E-state index contributed by atoms with van der Waals surface area (Å²) in [5, 5.41) is 2.90. The van der Waals surface area contributed by atoms with Crippen LogP contribution in [0.1, 0.15) is 4.88 Å². The largest absolute Gasteiger partial charge is 0.493 e. The molecule has 1 unspecified atom stereocenters. The first-order valence-electron chi connectivity index (χ1n) is 7.76. The Kier molecular flexibility index (Phi) is 7.31. The first kappa shape index (κ1) is 19.3. The van der Waals surface area contributed by atoms with Crippen LogP contribution in [0.3, 0.4) is 0 Å². The van der Waals surface area contributed by atoms with Crippen molar-refractivity contribution in [2.24, 2.45) is 0 Å². The molecular weight excluding hydrogens is 360 g/mol. The van der Waals surface area contributed by atoms with Crippen LogP contribution in [0.5, 0.6) is 11.5 Å². The van der Waals surface area contributed by atoms with E-state index in [-0.39, 0.29) is 5.91 Å². The molecule has 0 spiro atoms. The molecule has 1 amide bonds. The zero-order valence-corrected chi connectivity index (χ0v) is 15.9. The molecule has 0 fully saturated rings. The van der Waals surface area contributed by atoms with Gasteiger partial charge in [-0.3, -0.25) is 4.79 Å². The van der Waals surface area contributed by atoms with Gasteiger partial charge in [0, 0.05) is 11.8 Å². The Morgan fingerprint density at radius 2 is 2.04 bits per heavy atom. The summed E-state index contributed by atoms with van der Waals surface area (Å²) >= 11 is 7.51. The fourth-order valence-electron chi connectivity index (χ4n) is 2.45. The molecule has 0 radical (unpaired) electrons. The summed E-state index contributed by atoms with van der Waals surface area (Å²) < 4.78 is 11.2. The molecule has 0 bridgehead atoms. The number of carbonyl (C=O) groups is 1. The average Bonchev–Trinajstić information content (AvgIpc) is 2.99. The molecule has 0 saturated carbocycles. The van der Waals surface area contributed by atoms with Gasteiger partial charge in [0.25, 0.3) is 5.91 Å². The summed E-state index contributed by atoms with van der Waals surface area (Å²) in [6, 6.07) is 9.14. The second-order valence-corrected chi connectivity index (χ2v) is 7.22. The van der Waals surface area contributed by atoms with E-state index in [1.807, 2.05) is 18.2 Å². The Morgan fingerprint density at radius 1 is 1.28 bits per heavy atom. The van der Waals surface area contributed by atoms with Crippen LogP contribution in [0.25, 0.3) is 0 Å². The van der Waals surface area contributed by atoms with Crippen molar-refractivity contribution in [1.29, 1.82) is 0 Å². The van der Waals surface area contributed by atoms with Crippen molar-refractivity contribution in [2.45, 2.75) is 6.54 Å². The van der Waals surface area contributed by atoms with Crippen molar-refractivity contribution in [1.82, 2.24) is 0 Å². The Hall–Kier alpha value is -2.02. The molecule has 134 valence electrons. The highest BCUT2D eigenvalue weighted by Crippen LogP contribution is 2.29. The van der Waals surface area contributed by atoms with Crippen LogP contribution in [0.4, 0.5) is 5.69 Å². The Balaban J connectivity index is 1.99. The molecule has 0 aliphatic carbocycles. The smallest absolute Gasteiger partial charge is 0.279 e. The van der Waals surface area contributed by atoms with Crippen LogP contribution < -0.4 is 19.7 Å². The van der Waals surface area contributed by atoms with Crippen LogP contribution in [0.2, 0.25) is 4.34 Å². The molecule has 2 aromatic rings. The van der Waals surface area contributed by atoms with Crippen LogP contribution >= 0.6 is 22.9 Å². The summed E-state index contributed by atoms with van der Waals surface area (Å²) in [7, 11) is 3.13. The van der Waals surface area contributed by atoms with Crippen LogP contribution in [0.15, 0.2) is 43.0 Å². The van der Waals surface area contributed by atoms with Gasteiger partial charge in [-0.25, -0.2) is 0 Å². The van der Waals surface area contributed by atoms with Crippen molar-refractivity contribution >= 4 is 34.5 Å². The third kappa shape index (κ3) is 5.77. The molecule has 2 rings (SSSR count). The first-order valence-corrected chi connectivity index (χ1v) is 8.95. The van der Waals surface area contributed by atoms with Crippen molar-refractivity contribution in [2.75, 3.05) is 32.6 Å². The van der Waals surface area contributed by atoms with Gasteiger partial charge in [-0.05, 0) is 30.3 Å². The molecule has 7 heteroatoms. The standard InChI is InChI=1S/C18H21ClN2O3S/c1-4-9-21(11-14-6-8-17(19)25-14)12-18(22)20-13-5-7-15(23-2)16(10-13)24-3/h4-8,10H,1,9,11-12H2,2-3H3,(H,20,22)/p+1. The number of thiophene rings is 1. The lowest BCUT2D eigenvalue weighted by Crippen LogP contribution is -3.11. The lowest BCUT2D eigenvalue weighted by molar-refractivity contribution is -0.899. The lowest BCUT2D eigenvalue weighted by atomic mass is 10.2. The number of quaternary nitrogens is 1. The van der Waals surface area contributed by atoms with Crippen LogP contribution in [-0.2, 0) is 11.3 Å². The molecule has 0 saturated heterocycles. The fraction of sp³-hybridized carbons (Fsp3) is 0.278. The zero-order chi connectivity index (χ0) is 18.2. The van der Waals surface area contributed by atoms with E-state index < -0.39 is 0 Å². The quantitative estimate of drug-likeness (QED) is 0.656. The Bertz CT molecular complexity index is 733. The predicted molar refractivity (Wildman–Crippen MR) is 102 cm³/mol. The number of rotatable bonds is 9. The summed E-state index contributed by atoms with van der Waals surface area (Å²) in [6.45, 7) is 5.52. The van der Waals surface area contributed by atoms with E-state index in [4.69, 9.17) is 21.1 Å². The number of halogens is 1. The van der Waals surface area contributed by atoms with Crippen molar-refractivity contribution < 1.29 is 19.2 Å². The van der Waals surface area contributed by atoms with Gasteiger partial charge in [-0.1, -0.05) is 18.2 Å². The molecule has 0 aliphatic rings. The molecule has 1 heterocycles. The molecular formula is C18H22ClN2O3S+. The van der Waals surface area contributed by atoms with E-state index in [0.29, 0.717) is 30.3 Å². The number of nitrogens with one attached hydrogen (secondary N) is 2. The third-order valence-electron chi connectivity index (χ3n) is 3.56. The van der Waals surface area contributed by atoms with E-state index >= 15 is 0 Å². The molecule has 0 aliphatic heterocycles. The highest BCUT2D eigenvalue weighted by atomic mass is 35.5. The number of hydrogen-bond acceptors (Lipinski definition) is 4. The van der Waals surface area contributed by atoms with Gasteiger partial charge in [0.1, 0.15) is 6.54 Å². The number of anilines is 1. The normalized spacial score (nSPS) is 11.6. The van der Waals surface area contributed by atoms with Crippen molar-refractivity contribution in [3.8, 4) is 11.5 Å². The van der Waals surface area contributed by atoms with Crippen LogP contribution in [-0.4, -0.2) is 33.2 Å². The highest BCUT2D eigenvalue weighted by molar-refractivity contribution is 7.16. The van der Waals surface area contributed by atoms with E-state index in [1.165, 1.54) is 11.3 Å². The van der Waals surface area contributed by atoms with Gasteiger partial charge in [0.05, 0.1) is 30.0 Å². The van der Waals surface area contributed by atoms with Crippen LogP contribution in [0, 0.1) is 0 Å². The number of ether oxygens (including phenoxy) is 2. The van der Waals surface area contributed by atoms with E-state index in [2.05, 4.69) is 11.9 Å². The monoisotopic (exact) mass is 381 g/mol. The molecule has 5 nitrogen and oxygen atoms in total. The maximum atomic E-state index is 12.4. The molecule has 25 heavy (non-hydrogen) atoms. The van der Waals surface area contributed by atoms with Crippen molar-refractivity contribution in [3.05, 3.63) is 52.2 Å². The molecule has 1 aromatic heterocycles. The number of hydrogen-bond donors (Lipinski definition) is 2. The van der Waals surface area contributed by atoms with Gasteiger partial charge in [-0.2, -0.15) is 0 Å². The Labute approximate surface area is 156 Å². The lowest BCUT2D eigenvalue weighted by Gasteiger charge is -2.17. The molecule has 2 N–H and O–H groups in total. The highest BCUT2D eigenvalue weighted by Gasteiger charge is 2.16. The van der Waals surface area contributed by atoms with Gasteiger partial charge in [0.2, 0.25) is 0 Å². The zero-order valence-electron chi connectivity index (χ0n) is 14.3. The second kappa shape index (κ2) is 9.46. The van der Waals surface area contributed by atoms with Gasteiger partial charge in [0.15, 0.2) is 18.0 Å². The SMILES string of the molecule is C=CC[NH+](CC(=O)Nc1ccc(OC)c(OC)c1)Cc1ccc(Cl)s1. The number of benzene rings is 1. The minimum Gasteiger partial charge on any atom is -0.493 e. The molecule has 1 aromatic carbocycles. The van der Waals surface area contributed by atoms with E-state index in [0.717, 1.165) is 20.7 Å². The Morgan fingerprint density at radius 3 is 2.64 bits per heavy atom. The van der Waals surface area contributed by atoms with Gasteiger partial charge >= 0.3 is 0 Å². The summed E-state index contributed by atoms with van der Waals surface area (Å²) in [6.07, 6.45) is 1.81. The predicted octanol–water partition coefficient (Wildman–Crippen LogP) is 2.63. The maximum Gasteiger partial charge on any atom is 0.279 e.